The SMILES string of the molecule is CN1SNC(c2cccc(N3CCOCC3)c2)CC1C(=O)Nc1ccc(F)c(Cl)c1. The van der Waals surface area contributed by atoms with E-state index < -0.39 is 5.82 Å². The first-order valence-corrected chi connectivity index (χ1v) is 11.0. The number of hydrogen-bond donors (Lipinski definition) is 2. The van der Waals surface area contributed by atoms with E-state index in [4.69, 9.17) is 16.3 Å². The number of carbonyl (C=O) groups excluding carboxylic acids is 1. The number of nitrogens with one attached hydrogen (secondary N) is 2. The second kappa shape index (κ2) is 9.53. The average molecular weight is 451 g/mol. The molecule has 0 bridgehead atoms. The van der Waals surface area contributed by atoms with Crippen LogP contribution in [0.15, 0.2) is 42.5 Å². The van der Waals surface area contributed by atoms with Crippen molar-refractivity contribution < 1.29 is 13.9 Å². The Bertz CT molecular complexity index is 912. The Kier molecular flexibility index (Phi) is 6.80. The highest BCUT2D eigenvalue weighted by Gasteiger charge is 2.33. The first kappa shape index (κ1) is 21.4. The van der Waals surface area contributed by atoms with Crippen LogP contribution in [0.2, 0.25) is 5.02 Å². The van der Waals surface area contributed by atoms with Gasteiger partial charge in [-0.05, 0) is 49.4 Å². The van der Waals surface area contributed by atoms with Crippen LogP contribution in [0, 0.1) is 5.82 Å². The van der Waals surface area contributed by atoms with Crippen LogP contribution in [0.5, 0.6) is 0 Å². The Morgan fingerprint density at radius 1 is 1.27 bits per heavy atom. The third-order valence-corrected chi connectivity index (χ3v) is 6.60. The van der Waals surface area contributed by atoms with Crippen LogP contribution < -0.4 is 14.9 Å². The summed E-state index contributed by atoms with van der Waals surface area (Å²) in [4.78, 5) is 15.2. The van der Waals surface area contributed by atoms with Gasteiger partial charge in [0.05, 0.1) is 18.2 Å². The van der Waals surface area contributed by atoms with Gasteiger partial charge in [-0.2, -0.15) is 0 Å². The summed E-state index contributed by atoms with van der Waals surface area (Å²) in [7, 11) is 1.87. The topological polar surface area (TPSA) is 56.8 Å². The van der Waals surface area contributed by atoms with Crippen molar-refractivity contribution in [2.75, 3.05) is 43.6 Å². The number of benzene rings is 2. The molecule has 0 aromatic heterocycles. The number of nitrogens with zero attached hydrogens (tertiary/aromatic N) is 2. The van der Waals surface area contributed by atoms with Crippen LogP contribution in [0.3, 0.4) is 0 Å². The first-order valence-electron chi connectivity index (χ1n) is 9.85. The van der Waals surface area contributed by atoms with Crippen molar-refractivity contribution in [2.24, 2.45) is 0 Å². The van der Waals surface area contributed by atoms with Crippen LogP contribution in [-0.2, 0) is 9.53 Å². The second-order valence-electron chi connectivity index (χ2n) is 7.37. The Morgan fingerprint density at radius 3 is 2.83 bits per heavy atom. The van der Waals surface area contributed by atoms with Gasteiger partial charge in [0.2, 0.25) is 5.91 Å². The van der Waals surface area contributed by atoms with Crippen LogP contribution in [0.25, 0.3) is 0 Å². The van der Waals surface area contributed by atoms with Crippen molar-refractivity contribution in [3.8, 4) is 0 Å². The van der Waals surface area contributed by atoms with Crippen molar-refractivity contribution in [2.45, 2.75) is 18.5 Å². The largest absolute Gasteiger partial charge is 0.378 e. The van der Waals surface area contributed by atoms with Gasteiger partial charge in [-0.3, -0.25) is 4.79 Å². The predicted octanol–water partition coefficient (Wildman–Crippen LogP) is 3.85. The van der Waals surface area contributed by atoms with E-state index >= 15 is 0 Å². The predicted molar refractivity (Wildman–Crippen MR) is 119 cm³/mol. The molecule has 2 atom stereocenters. The number of rotatable bonds is 4. The summed E-state index contributed by atoms with van der Waals surface area (Å²) in [5, 5.41) is 2.84. The van der Waals surface area contributed by atoms with Crippen molar-refractivity contribution in [3.63, 3.8) is 0 Å². The smallest absolute Gasteiger partial charge is 0.242 e. The Hall–Kier alpha value is -1.84. The number of ether oxygens (including phenoxy) is 1. The summed E-state index contributed by atoms with van der Waals surface area (Å²) in [5.41, 5.74) is 2.79. The van der Waals surface area contributed by atoms with Gasteiger partial charge in [-0.25, -0.2) is 13.4 Å². The van der Waals surface area contributed by atoms with Gasteiger partial charge in [0.15, 0.2) is 0 Å². The molecular weight excluding hydrogens is 427 g/mol. The molecule has 2 aromatic rings. The fourth-order valence-electron chi connectivity index (χ4n) is 3.67. The minimum Gasteiger partial charge on any atom is -0.378 e. The number of likely N-dealkylation sites (N-methyl/N-ethyl adjacent to an activating group) is 1. The summed E-state index contributed by atoms with van der Waals surface area (Å²) >= 11 is 7.25. The minimum atomic E-state index is -0.510. The van der Waals surface area contributed by atoms with E-state index in [1.54, 1.807) is 0 Å². The van der Waals surface area contributed by atoms with Crippen molar-refractivity contribution in [3.05, 3.63) is 58.9 Å². The maximum atomic E-state index is 13.4. The van der Waals surface area contributed by atoms with Crippen LogP contribution in [0.1, 0.15) is 18.0 Å². The zero-order chi connectivity index (χ0) is 21.1. The first-order chi connectivity index (χ1) is 14.5. The maximum Gasteiger partial charge on any atom is 0.242 e. The molecule has 2 aliphatic heterocycles. The highest BCUT2D eigenvalue weighted by atomic mass is 35.5. The quantitative estimate of drug-likeness (QED) is 0.690. The molecule has 2 saturated heterocycles. The van der Waals surface area contributed by atoms with Gasteiger partial charge in [0.25, 0.3) is 0 Å². The maximum absolute atomic E-state index is 13.4. The number of anilines is 2. The molecule has 30 heavy (non-hydrogen) atoms. The normalized spacial score (nSPS) is 22.7. The lowest BCUT2D eigenvalue weighted by Gasteiger charge is -2.36. The van der Waals surface area contributed by atoms with E-state index in [1.165, 1.54) is 36.0 Å². The summed E-state index contributed by atoms with van der Waals surface area (Å²) in [6, 6.07) is 12.3. The van der Waals surface area contributed by atoms with Crippen LogP contribution in [0.4, 0.5) is 15.8 Å². The molecule has 0 aliphatic carbocycles. The Balaban J connectivity index is 1.46. The molecule has 2 unspecified atom stereocenters. The highest BCUT2D eigenvalue weighted by Crippen LogP contribution is 2.33. The molecule has 160 valence electrons. The second-order valence-corrected chi connectivity index (χ2v) is 8.77. The molecular formula is C21H24ClFN4O2S. The van der Waals surface area contributed by atoms with E-state index in [0.717, 1.165) is 31.9 Å². The zero-order valence-corrected chi connectivity index (χ0v) is 18.2. The number of amides is 1. The van der Waals surface area contributed by atoms with E-state index in [2.05, 4.69) is 39.2 Å². The number of hydrogen-bond acceptors (Lipinski definition) is 6. The lowest BCUT2D eigenvalue weighted by Crippen LogP contribution is -2.46. The number of halogens is 2. The monoisotopic (exact) mass is 450 g/mol. The fourth-order valence-corrected chi connectivity index (χ4v) is 4.68. The third-order valence-electron chi connectivity index (χ3n) is 5.38. The Morgan fingerprint density at radius 2 is 2.07 bits per heavy atom. The molecule has 0 spiro atoms. The van der Waals surface area contributed by atoms with Crippen LogP contribution in [-0.4, -0.2) is 49.6 Å². The molecule has 9 heteroatoms. The van der Waals surface area contributed by atoms with Gasteiger partial charge in [0.1, 0.15) is 11.9 Å². The molecule has 2 fully saturated rings. The van der Waals surface area contributed by atoms with Gasteiger partial charge >= 0.3 is 0 Å². The van der Waals surface area contributed by atoms with E-state index in [-0.39, 0.29) is 23.0 Å². The fraction of sp³-hybridized carbons (Fsp3) is 0.381. The molecule has 6 nitrogen and oxygen atoms in total. The molecule has 0 radical (unpaired) electrons. The minimum absolute atomic E-state index is 0.0151. The van der Waals surface area contributed by atoms with Crippen molar-refractivity contribution in [1.29, 1.82) is 0 Å². The summed E-state index contributed by atoms with van der Waals surface area (Å²) < 4.78 is 24.2. The van der Waals surface area contributed by atoms with Gasteiger partial charge in [0, 0.05) is 42.6 Å². The van der Waals surface area contributed by atoms with Gasteiger partial charge in [-0.1, -0.05) is 23.7 Å². The van der Waals surface area contributed by atoms with E-state index in [0.29, 0.717) is 12.1 Å². The standard InChI is InChI=1S/C21H24ClFN4O2S/c1-26-20(21(28)24-15-5-6-18(23)17(22)12-15)13-19(25-30-26)14-3-2-4-16(11-14)27-7-9-29-10-8-27/h2-6,11-12,19-20,25H,7-10,13H2,1H3,(H,24,28). The molecule has 0 saturated carbocycles. The Labute approximate surface area is 185 Å². The molecule has 2 heterocycles. The summed E-state index contributed by atoms with van der Waals surface area (Å²) in [6.07, 6.45) is 0.608. The van der Waals surface area contributed by atoms with E-state index in [9.17, 15) is 9.18 Å². The lowest BCUT2D eigenvalue weighted by atomic mass is 9.98. The molecule has 2 N–H and O–H groups in total. The van der Waals surface area contributed by atoms with Crippen LogP contribution >= 0.6 is 23.7 Å². The molecule has 1 amide bonds. The number of carbonyl (C=O) groups is 1. The van der Waals surface area contributed by atoms with Gasteiger partial charge < -0.3 is 15.0 Å². The zero-order valence-electron chi connectivity index (χ0n) is 16.6. The summed E-state index contributed by atoms with van der Waals surface area (Å²) in [5.74, 6) is -0.659. The number of morpholine rings is 1. The van der Waals surface area contributed by atoms with Crippen molar-refractivity contribution in [1.82, 2.24) is 9.03 Å². The highest BCUT2D eigenvalue weighted by molar-refractivity contribution is 7.95. The third kappa shape index (κ3) is 4.90. The average Bonchev–Trinajstić information content (AvgIpc) is 2.77. The molecule has 2 aromatic carbocycles. The lowest BCUT2D eigenvalue weighted by molar-refractivity contribution is -0.119. The molecule has 4 rings (SSSR count). The van der Waals surface area contributed by atoms with Gasteiger partial charge in [-0.15, -0.1) is 0 Å². The molecule has 2 aliphatic rings. The van der Waals surface area contributed by atoms with E-state index in [1.807, 2.05) is 11.4 Å². The summed E-state index contributed by atoms with van der Waals surface area (Å²) in [6.45, 7) is 3.24. The van der Waals surface area contributed by atoms with Crippen molar-refractivity contribution >= 4 is 41.0 Å².